The molecule has 0 bridgehead atoms. The number of nitrogens with one attached hydrogen (secondary N) is 2. The number of imidazole rings is 1. The number of fused-ring (bicyclic) bond motifs is 1. The zero-order valence-electron chi connectivity index (χ0n) is 11.8. The van der Waals surface area contributed by atoms with Gasteiger partial charge in [-0.25, -0.2) is 4.98 Å². The Hall–Kier alpha value is -2.08. The zero-order valence-corrected chi connectivity index (χ0v) is 12.6. The fourth-order valence-corrected chi connectivity index (χ4v) is 3.05. The summed E-state index contributed by atoms with van der Waals surface area (Å²) in [6.07, 6.45) is 1.60. The van der Waals surface area contributed by atoms with Gasteiger partial charge < -0.3 is 15.4 Å². The second-order valence-electron chi connectivity index (χ2n) is 5.61. The van der Waals surface area contributed by atoms with Crippen molar-refractivity contribution in [3.63, 3.8) is 0 Å². The highest BCUT2D eigenvalue weighted by molar-refractivity contribution is 6.31. The molecule has 22 heavy (non-hydrogen) atoms. The van der Waals surface area contributed by atoms with Gasteiger partial charge in [0.1, 0.15) is 5.82 Å². The van der Waals surface area contributed by atoms with Crippen LogP contribution in [0.5, 0.6) is 0 Å². The van der Waals surface area contributed by atoms with Gasteiger partial charge in [-0.1, -0.05) is 11.6 Å². The summed E-state index contributed by atoms with van der Waals surface area (Å²) >= 11 is 5.92. The van der Waals surface area contributed by atoms with Crippen molar-refractivity contribution in [2.45, 2.75) is 25.8 Å². The smallest absolute Gasteiger partial charge is 0.306 e. The van der Waals surface area contributed by atoms with Crippen molar-refractivity contribution in [2.75, 3.05) is 0 Å². The van der Waals surface area contributed by atoms with Crippen LogP contribution in [0.4, 0.5) is 0 Å². The maximum Gasteiger partial charge on any atom is 0.306 e. The number of carbonyl (C=O) groups excluding carboxylic acids is 1. The standard InChI is InChI=1S/C15H16ClN3O3/c16-10-3-4-11-12(6-10)19-13(18-11)7-17-14(20)8-1-2-9(5-8)15(21)22/h3-4,6,8-9H,1-2,5,7H2,(H,17,20)(H,18,19)(H,21,22)/t8-,9+/m0/s1. The molecule has 2 aromatic rings. The van der Waals surface area contributed by atoms with Crippen molar-refractivity contribution >= 4 is 34.5 Å². The van der Waals surface area contributed by atoms with E-state index in [0.717, 1.165) is 11.0 Å². The highest BCUT2D eigenvalue weighted by atomic mass is 35.5. The fourth-order valence-electron chi connectivity index (χ4n) is 2.88. The average molecular weight is 322 g/mol. The van der Waals surface area contributed by atoms with Crippen LogP contribution < -0.4 is 5.32 Å². The normalized spacial score (nSPS) is 21.1. The summed E-state index contributed by atoms with van der Waals surface area (Å²) in [6.45, 7) is 0.291. The molecule has 0 aliphatic heterocycles. The Balaban J connectivity index is 1.59. The third kappa shape index (κ3) is 3.06. The molecule has 1 aromatic heterocycles. The first-order valence-corrected chi connectivity index (χ1v) is 7.55. The topological polar surface area (TPSA) is 95.1 Å². The van der Waals surface area contributed by atoms with E-state index in [9.17, 15) is 9.59 Å². The van der Waals surface area contributed by atoms with Gasteiger partial charge in [0, 0.05) is 10.9 Å². The molecule has 1 fully saturated rings. The van der Waals surface area contributed by atoms with E-state index in [4.69, 9.17) is 16.7 Å². The number of aromatic amines is 1. The van der Waals surface area contributed by atoms with Crippen molar-refractivity contribution in [3.05, 3.63) is 29.0 Å². The van der Waals surface area contributed by atoms with Crippen molar-refractivity contribution in [2.24, 2.45) is 11.8 Å². The minimum Gasteiger partial charge on any atom is -0.481 e. The number of rotatable bonds is 4. The number of H-pyrrole nitrogens is 1. The van der Waals surface area contributed by atoms with Gasteiger partial charge in [-0.3, -0.25) is 9.59 Å². The fraction of sp³-hybridized carbons (Fsp3) is 0.400. The molecule has 2 atom stereocenters. The Morgan fingerprint density at radius 2 is 2.14 bits per heavy atom. The van der Waals surface area contributed by atoms with Gasteiger partial charge in [-0.05, 0) is 37.5 Å². The molecule has 0 radical (unpaired) electrons. The maximum atomic E-state index is 12.1. The predicted molar refractivity (Wildman–Crippen MR) is 81.4 cm³/mol. The molecule has 1 saturated carbocycles. The van der Waals surface area contributed by atoms with Crippen molar-refractivity contribution in [1.29, 1.82) is 0 Å². The van der Waals surface area contributed by atoms with Crippen LogP contribution in [0, 0.1) is 11.8 Å². The van der Waals surface area contributed by atoms with Gasteiger partial charge in [0.15, 0.2) is 0 Å². The molecular weight excluding hydrogens is 306 g/mol. The summed E-state index contributed by atoms with van der Waals surface area (Å²) in [7, 11) is 0. The molecule has 0 spiro atoms. The second kappa shape index (κ2) is 5.96. The van der Waals surface area contributed by atoms with Crippen LogP contribution in [0.3, 0.4) is 0 Å². The van der Waals surface area contributed by atoms with Crippen LogP contribution in [0.15, 0.2) is 18.2 Å². The van der Waals surface area contributed by atoms with Crippen molar-refractivity contribution in [1.82, 2.24) is 15.3 Å². The van der Waals surface area contributed by atoms with Gasteiger partial charge in [0.2, 0.25) is 5.91 Å². The molecule has 7 heteroatoms. The number of benzene rings is 1. The lowest BCUT2D eigenvalue weighted by molar-refractivity contribution is -0.141. The second-order valence-corrected chi connectivity index (χ2v) is 6.04. The summed E-state index contributed by atoms with van der Waals surface area (Å²) < 4.78 is 0. The van der Waals surface area contributed by atoms with Crippen LogP contribution in [0.2, 0.25) is 5.02 Å². The SMILES string of the molecule is O=C(O)[C@@H]1CC[C@H](C(=O)NCc2nc3ccc(Cl)cc3[nH]2)C1. The summed E-state index contributed by atoms with van der Waals surface area (Å²) in [6, 6.07) is 5.36. The minimum atomic E-state index is -0.815. The Morgan fingerprint density at radius 1 is 1.36 bits per heavy atom. The van der Waals surface area contributed by atoms with E-state index in [-0.39, 0.29) is 11.8 Å². The predicted octanol–water partition coefficient (Wildman–Crippen LogP) is 2.33. The van der Waals surface area contributed by atoms with E-state index in [2.05, 4.69) is 15.3 Å². The third-order valence-corrected chi connectivity index (χ3v) is 4.31. The first kappa shape index (κ1) is 14.8. The number of nitrogens with zero attached hydrogens (tertiary/aromatic N) is 1. The van der Waals surface area contributed by atoms with E-state index < -0.39 is 11.9 Å². The Labute approximate surface area is 131 Å². The van der Waals surface area contributed by atoms with Crippen LogP contribution in [0.25, 0.3) is 11.0 Å². The van der Waals surface area contributed by atoms with Crippen LogP contribution in [-0.4, -0.2) is 27.0 Å². The number of carboxylic acids is 1. The quantitative estimate of drug-likeness (QED) is 0.805. The third-order valence-electron chi connectivity index (χ3n) is 4.08. The highest BCUT2D eigenvalue weighted by Crippen LogP contribution is 2.31. The number of carbonyl (C=O) groups is 2. The molecule has 116 valence electrons. The summed E-state index contributed by atoms with van der Waals surface area (Å²) in [5.41, 5.74) is 1.61. The number of carboxylic acid groups (broad SMARTS) is 1. The largest absolute Gasteiger partial charge is 0.481 e. The van der Waals surface area contributed by atoms with Gasteiger partial charge >= 0.3 is 5.97 Å². The number of amides is 1. The Morgan fingerprint density at radius 3 is 2.86 bits per heavy atom. The van der Waals surface area contributed by atoms with Gasteiger partial charge in [-0.2, -0.15) is 0 Å². The molecule has 1 amide bonds. The Kier molecular flexibility index (Phi) is 4.02. The first-order valence-electron chi connectivity index (χ1n) is 7.17. The molecule has 6 nitrogen and oxygen atoms in total. The molecule has 1 heterocycles. The highest BCUT2D eigenvalue weighted by Gasteiger charge is 2.33. The van der Waals surface area contributed by atoms with E-state index in [0.29, 0.717) is 36.7 Å². The number of hydrogen-bond donors (Lipinski definition) is 3. The summed E-state index contributed by atoms with van der Waals surface area (Å²) in [4.78, 5) is 30.5. The molecule has 0 unspecified atom stereocenters. The molecule has 1 aliphatic rings. The molecule has 3 rings (SSSR count). The molecule has 1 aromatic carbocycles. The van der Waals surface area contributed by atoms with Gasteiger partial charge in [0.05, 0.1) is 23.5 Å². The number of aliphatic carboxylic acids is 1. The monoisotopic (exact) mass is 321 g/mol. The van der Waals surface area contributed by atoms with Crippen molar-refractivity contribution in [3.8, 4) is 0 Å². The first-order chi connectivity index (χ1) is 10.5. The van der Waals surface area contributed by atoms with Crippen LogP contribution in [-0.2, 0) is 16.1 Å². The van der Waals surface area contributed by atoms with Crippen LogP contribution in [0.1, 0.15) is 25.1 Å². The summed E-state index contributed by atoms with van der Waals surface area (Å²) in [5.74, 6) is -0.894. The number of halogens is 1. The molecule has 3 N–H and O–H groups in total. The number of hydrogen-bond acceptors (Lipinski definition) is 3. The molecule has 1 aliphatic carbocycles. The molecular formula is C15H16ClN3O3. The van der Waals surface area contributed by atoms with E-state index in [1.807, 2.05) is 6.07 Å². The lowest BCUT2D eigenvalue weighted by Gasteiger charge is -2.09. The lowest BCUT2D eigenvalue weighted by atomic mass is 10.0. The van der Waals surface area contributed by atoms with E-state index >= 15 is 0 Å². The number of aromatic nitrogens is 2. The zero-order chi connectivity index (χ0) is 15.7. The van der Waals surface area contributed by atoms with E-state index in [1.54, 1.807) is 12.1 Å². The van der Waals surface area contributed by atoms with Crippen LogP contribution >= 0.6 is 11.6 Å². The van der Waals surface area contributed by atoms with Crippen molar-refractivity contribution < 1.29 is 14.7 Å². The maximum absolute atomic E-state index is 12.1. The minimum absolute atomic E-state index is 0.109. The molecule has 0 saturated heterocycles. The van der Waals surface area contributed by atoms with E-state index in [1.165, 1.54) is 0 Å². The Bertz CT molecular complexity index is 728. The van der Waals surface area contributed by atoms with Gasteiger partial charge in [0.25, 0.3) is 0 Å². The summed E-state index contributed by atoms with van der Waals surface area (Å²) in [5, 5.41) is 12.4. The lowest BCUT2D eigenvalue weighted by Crippen LogP contribution is -2.29. The average Bonchev–Trinajstić information content (AvgIpc) is 3.10. The van der Waals surface area contributed by atoms with Gasteiger partial charge in [-0.15, -0.1) is 0 Å².